The number of hydrogen-bond acceptors (Lipinski definition) is 7. The first-order valence-corrected chi connectivity index (χ1v) is 9.92. The van der Waals surface area contributed by atoms with Gasteiger partial charge in [0.2, 0.25) is 5.91 Å². The van der Waals surface area contributed by atoms with Crippen molar-refractivity contribution in [2.75, 3.05) is 18.2 Å². The molecule has 0 radical (unpaired) electrons. The number of anilines is 1. The lowest BCUT2D eigenvalue weighted by atomic mass is 10.0. The Morgan fingerprint density at radius 2 is 2.27 bits per heavy atom. The number of carbonyl (C=O) groups excluding carboxylic acids is 2. The number of nitrogens with one attached hydrogen (secondary N) is 1. The molecule has 26 heavy (non-hydrogen) atoms. The van der Waals surface area contributed by atoms with E-state index in [1.165, 1.54) is 35.8 Å². The summed E-state index contributed by atoms with van der Waals surface area (Å²) >= 11 is 2.45. The molecule has 0 unspecified atom stereocenters. The van der Waals surface area contributed by atoms with E-state index in [9.17, 15) is 14.9 Å². The number of amides is 1. The Balaban J connectivity index is 1.71. The summed E-state index contributed by atoms with van der Waals surface area (Å²) in [6.07, 6.45) is 2.93. The van der Waals surface area contributed by atoms with Gasteiger partial charge < -0.3 is 10.1 Å². The summed E-state index contributed by atoms with van der Waals surface area (Å²) in [6.45, 7) is 1.95. The van der Waals surface area contributed by atoms with E-state index < -0.39 is 5.97 Å². The van der Waals surface area contributed by atoms with Crippen molar-refractivity contribution in [3.05, 3.63) is 38.7 Å². The summed E-state index contributed by atoms with van der Waals surface area (Å²) in [4.78, 5) is 28.9. The number of pyridine rings is 1. The first-order valence-electron chi connectivity index (χ1n) is 8.06. The summed E-state index contributed by atoms with van der Waals surface area (Å²) < 4.78 is 4.70. The van der Waals surface area contributed by atoms with Crippen LogP contribution in [0.1, 0.15) is 38.5 Å². The van der Waals surface area contributed by atoms with Gasteiger partial charge >= 0.3 is 5.97 Å². The zero-order valence-corrected chi connectivity index (χ0v) is 16.1. The van der Waals surface area contributed by atoms with Crippen LogP contribution in [0.4, 0.5) is 5.69 Å². The number of fused-ring (bicyclic) bond motifs is 1. The fourth-order valence-electron chi connectivity index (χ4n) is 2.96. The van der Waals surface area contributed by atoms with Crippen molar-refractivity contribution in [1.29, 1.82) is 5.26 Å². The molecule has 134 valence electrons. The molecule has 6 nitrogen and oxygen atoms in total. The fourth-order valence-corrected chi connectivity index (χ4v) is 4.58. The highest BCUT2D eigenvalue weighted by atomic mass is 32.2. The minimum absolute atomic E-state index is 0.108. The zero-order valence-electron chi connectivity index (χ0n) is 14.4. The molecule has 1 aliphatic carbocycles. The van der Waals surface area contributed by atoms with Crippen molar-refractivity contribution in [1.82, 2.24) is 4.98 Å². The molecule has 0 saturated heterocycles. The summed E-state index contributed by atoms with van der Waals surface area (Å²) in [6, 6.07) is 3.88. The van der Waals surface area contributed by atoms with E-state index in [1.54, 1.807) is 11.4 Å². The van der Waals surface area contributed by atoms with Crippen LogP contribution in [0.5, 0.6) is 0 Å². The largest absolute Gasteiger partial charge is 0.465 e. The molecule has 0 bridgehead atoms. The second-order valence-electron chi connectivity index (χ2n) is 5.80. The number of hydrogen-bond donors (Lipinski definition) is 1. The third kappa shape index (κ3) is 3.59. The first kappa shape index (κ1) is 18.4. The molecule has 2 aromatic rings. The van der Waals surface area contributed by atoms with E-state index in [0.717, 1.165) is 30.5 Å². The van der Waals surface area contributed by atoms with Gasteiger partial charge in [0.05, 0.1) is 24.1 Å². The van der Waals surface area contributed by atoms with Gasteiger partial charge in [-0.05, 0) is 48.8 Å². The molecule has 0 atom stereocenters. The summed E-state index contributed by atoms with van der Waals surface area (Å²) in [7, 11) is 1.30. The molecule has 2 aromatic heterocycles. The van der Waals surface area contributed by atoms with E-state index in [1.807, 2.05) is 6.92 Å². The highest BCUT2D eigenvalue weighted by Gasteiger charge is 2.22. The number of thioether (sulfide) groups is 1. The number of aryl methyl sites for hydroxylation is 1. The van der Waals surface area contributed by atoms with Crippen LogP contribution in [0.3, 0.4) is 0 Å². The normalized spacial score (nSPS) is 12.3. The lowest BCUT2D eigenvalue weighted by molar-refractivity contribution is -0.113. The van der Waals surface area contributed by atoms with Crippen LogP contribution in [0.15, 0.2) is 16.5 Å². The Kier molecular flexibility index (Phi) is 5.59. The Morgan fingerprint density at radius 3 is 3.00 bits per heavy atom. The number of thiophene rings is 1. The van der Waals surface area contributed by atoms with Crippen molar-refractivity contribution in [3.63, 3.8) is 0 Å². The number of nitrogens with zero attached hydrogens (tertiary/aromatic N) is 2. The second-order valence-corrected chi connectivity index (χ2v) is 7.68. The van der Waals surface area contributed by atoms with Crippen LogP contribution in [-0.2, 0) is 22.4 Å². The third-order valence-corrected chi connectivity index (χ3v) is 6.10. The maximum Gasteiger partial charge on any atom is 0.350 e. The van der Waals surface area contributed by atoms with Crippen molar-refractivity contribution in [2.24, 2.45) is 0 Å². The van der Waals surface area contributed by atoms with Gasteiger partial charge in [0, 0.05) is 5.69 Å². The predicted molar refractivity (Wildman–Crippen MR) is 101 cm³/mol. The van der Waals surface area contributed by atoms with Gasteiger partial charge in [-0.15, -0.1) is 11.3 Å². The van der Waals surface area contributed by atoms with E-state index in [-0.39, 0.29) is 11.7 Å². The average molecular weight is 387 g/mol. The molecule has 1 N–H and O–H groups in total. The molecule has 1 aliphatic rings. The van der Waals surface area contributed by atoms with E-state index >= 15 is 0 Å². The Bertz CT molecular complexity index is 915. The quantitative estimate of drug-likeness (QED) is 0.625. The number of rotatable bonds is 5. The van der Waals surface area contributed by atoms with Crippen LogP contribution < -0.4 is 5.32 Å². The Labute approximate surface area is 159 Å². The minimum Gasteiger partial charge on any atom is -0.465 e. The van der Waals surface area contributed by atoms with Gasteiger partial charge in [-0.25, -0.2) is 9.78 Å². The molecule has 3 rings (SSSR count). The molecular weight excluding hydrogens is 370 g/mol. The molecule has 0 saturated carbocycles. The van der Waals surface area contributed by atoms with Crippen molar-refractivity contribution < 1.29 is 14.3 Å². The van der Waals surface area contributed by atoms with Gasteiger partial charge in [-0.2, -0.15) is 5.26 Å². The lowest BCUT2D eigenvalue weighted by Gasteiger charge is -2.11. The fraction of sp³-hybridized carbons (Fsp3) is 0.333. The van der Waals surface area contributed by atoms with Gasteiger partial charge in [-0.3, -0.25) is 4.79 Å². The molecule has 0 aromatic carbocycles. The standard InChI is InChI=1S/C18H17N3O3S2/c1-10-11-4-3-5-13(11)21-17(12(10)8-19)26-9-15(22)20-14-6-7-25-16(14)18(23)24-2/h6-7H,3-5,9H2,1-2H3,(H,20,22). The van der Waals surface area contributed by atoms with Gasteiger partial charge in [0.15, 0.2) is 0 Å². The Morgan fingerprint density at radius 1 is 1.46 bits per heavy atom. The molecule has 8 heteroatoms. The molecule has 0 aliphatic heterocycles. The van der Waals surface area contributed by atoms with Crippen molar-refractivity contribution in [3.8, 4) is 6.07 Å². The summed E-state index contributed by atoms with van der Waals surface area (Å²) in [5, 5.41) is 14.5. The maximum absolute atomic E-state index is 12.3. The highest BCUT2D eigenvalue weighted by molar-refractivity contribution is 8.00. The molecule has 0 spiro atoms. The SMILES string of the molecule is COC(=O)c1sccc1NC(=O)CSc1nc2c(c(C)c1C#N)CCC2. The predicted octanol–water partition coefficient (Wildman–Crippen LogP) is 3.33. The number of aromatic nitrogens is 1. The first-order chi connectivity index (χ1) is 12.5. The lowest BCUT2D eigenvalue weighted by Crippen LogP contribution is -2.16. The smallest absolute Gasteiger partial charge is 0.350 e. The van der Waals surface area contributed by atoms with Gasteiger partial charge in [-0.1, -0.05) is 11.8 Å². The molecule has 0 fully saturated rings. The highest BCUT2D eigenvalue weighted by Crippen LogP contribution is 2.32. The summed E-state index contributed by atoms with van der Waals surface area (Å²) in [5.41, 5.74) is 4.18. The van der Waals surface area contributed by atoms with Crippen molar-refractivity contribution in [2.45, 2.75) is 31.2 Å². The van der Waals surface area contributed by atoms with Gasteiger partial charge in [0.25, 0.3) is 0 Å². The van der Waals surface area contributed by atoms with Crippen LogP contribution in [-0.4, -0.2) is 29.7 Å². The molecule has 1 amide bonds. The zero-order chi connectivity index (χ0) is 18.7. The van der Waals surface area contributed by atoms with Crippen LogP contribution in [0.25, 0.3) is 0 Å². The number of carbonyl (C=O) groups is 2. The average Bonchev–Trinajstić information content (AvgIpc) is 3.28. The van der Waals surface area contributed by atoms with E-state index in [0.29, 0.717) is 21.2 Å². The topological polar surface area (TPSA) is 92.1 Å². The number of ether oxygens (including phenoxy) is 1. The minimum atomic E-state index is -0.481. The van der Waals surface area contributed by atoms with Crippen LogP contribution in [0.2, 0.25) is 0 Å². The number of nitriles is 1. The molecule has 2 heterocycles. The van der Waals surface area contributed by atoms with E-state index in [2.05, 4.69) is 16.4 Å². The summed E-state index contributed by atoms with van der Waals surface area (Å²) in [5.74, 6) is -0.635. The molecular formula is C18H17N3O3S2. The van der Waals surface area contributed by atoms with Gasteiger partial charge in [0.1, 0.15) is 16.0 Å². The Hall–Kier alpha value is -2.37. The monoisotopic (exact) mass is 387 g/mol. The maximum atomic E-state index is 12.3. The van der Waals surface area contributed by atoms with Crippen LogP contribution in [0, 0.1) is 18.3 Å². The second kappa shape index (κ2) is 7.89. The van der Waals surface area contributed by atoms with E-state index in [4.69, 9.17) is 4.74 Å². The third-order valence-electron chi connectivity index (χ3n) is 4.23. The number of methoxy groups -OCH3 is 1. The van der Waals surface area contributed by atoms with Crippen LogP contribution >= 0.6 is 23.1 Å². The number of esters is 1. The van der Waals surface area contributed by atoms with Crippen molar-refractivity contribution >= 4 is 40.7 Å².